The van der Waals surface area contributed by atoms with Gasteiger partial charge in [0.2, 0.25) is 17.8 Å². The number of amides is 3. The minimum absolute atomic E-state index is 0.0288. The molecule has 1 spiro atoms. The van der Waals surface area contributed by atoms with Crippen LogP contribution in [0.1, 0.15) is 84.5 Å². The predicted molar refractivity (Wildman–Crippen MR) is 265 cm³/mol. The normalized spacial score (nSPS) is 24.7. The Morgan fingerprint density at radius 2 is 1.47 bits per heavy atom. The van der Waals surface area contributed by atoms with Crippen molar-refractivity contribution in [3.05, 3.63) is 149 Å². The zero-order valence-corrected chi connectivity index (χ0v) is 40.2. The van der Waals surface area contributed by atoms with Gasteiger partial charge in [-0.1, -0.05) is 97.5 Å². The van der Waals surface area contributed by atoms with E-state index in [0.717, 1.165) is 36.1 Å². The van der Waals surface area contributed by atoms with Crippen molar-refractivity contribution in [1.82, 2.24) is 19.8 Å². The van der Waals surface area contributed by atoms with Crippen LogP contribution in [0, 0.1) is 17.8 Å². The van der Waals surface area contributed by atoms with Crippen molar-refractivity contribution in [2.45, 2.75) is 73.8 Å². The molecule has 4 fully saturated rings. The lowest BCUT2D eigenvalue weighted by atomic mass is 9.64. The summed E-state index contributed by atoms with van der Waals surface area (Å²) < 4.78 is 23.7. The number of morpholine rings is 1. The van der Waals surface area contributed by atoms with Gasteiger partial charge in [-0.05, 0) is 84.3 Å². The first-order valence-corrected chi connectivity index (χ1v) is 24.8. The number of hydrogen-bond acceptors (Lipinski definition) is 14. The van der Waals surface area contributed by atoms with Crippen molar-refractivity contribution in [1.29, 1.82) is 0 Å². The molecule has 3 amide bonds. The second-order valence-electron chi connectivity index (χ2n) is 18.9. The smallest absolute Gasteiger partial charge is 0.421 e. The van der Waals surface area contributed by atoms with Gasteiger partial charge in [0.05, 0.1) is 36.9 Å². The number of piperazine rings is 1. The predicted octanol–water partition coefficient (Wildman–Crippen LogP) is 6.08. The molecule has 16 nitrogen and oxygen atoms in total. The summed E-state index contributed by atoms with van der Waals surface area (Å²) in [6.07, 6.45) is 6.06. The van der Waals surface area contributed by atoms with Crippen molar-refractivity contribution in [3.8, 4) is 17.6 Å². The Balaban J connectivity index is 1.24. The number of methoxy groups -OCH3 is 1. The topological polar surface area (TPSA) is 184 Å². The number of carbonyl (C=O) groups is 4. The zero-order valence-electron chi connectivity index (χ0n) is 40.2. The van der Waals surface area contributed by atoms with Crippen LogP contribution in [0.4, 0.5) is 16.4 Å². The van der Waals surface area contributed by atoms with Crippen LogP contribution in [-0.2, 0) is 34.0 Å². The fraction of sp³-hybridized carbons (Fsp3) is 0.393. The molecule has 6 atom stereocenters. The number of anilines is 2. The van der Waals surface area contributed by atoms with E-state index in [0.29, 0.717) is 54.3 Å². The number of imide groups is 1. The van der Waals surface area contributed by atoms with E-state index in [1.165, 1.54) is 7.11 Å². The van der Waals surface area contributed by atoms with Crippen molar-refractivity contribution < 1.29 is 48.3 Å². The third-order valence-corrected chi connectivity index (χ3v) is 14.8. The maximum absolute atomic E-state index is 16.7. The Morgan fingerprint density at radius 3 is 2.17 bits per heavy atom. The molecule has 1 aromatic heterocycles. The van der Waals surface area contributed by atoms with Crippen LogP contribution in [0.5, 0.6) is 5.75 Å². The summed E-state index contributed by atoms with van der Waals surface area (Å²) in [5.74, 6) is 3.79. The molecule has 4 aromatic carbocycles. The molecule has 372 valence electrons. The Morgan fingerprint density at radius 1 is 0.778 bits per heavy atom. The molecule has 5 aromatic rings. The minimum atomic E-state index is -2.07. The van der Waals surface area contributed by atoms with E-state index in [1.807, 2.05) is 76.5 Å². The number of carbonyl (C=O) groups excluding carboxylic acids is 4. The molecule has 0 bridgehead atoms. The molecule has 10 rings (SSSR count). The van der Waals surface area contributed by atoms with E-state index in [2.05, 4.69) is 21.8 Å². The third kappa shape index (κ3) is 8.95. The molecule has 1 saturated carbocycles. The minimum Gasteiger partial charge on any atom is -0.491 e. The standard InChI is InChI=1S/C56H58N6O10/c1-69-34-35-71-54(67)61-44-21-20-38(22-25-55(68)23-10-2-3-11-24-55)36-43(44)56(52(61)66)45(50(64)59-28-30-60(31-29-59)53-57-26-13-27-58-53)47-51(65)72-48(40-16-8-5-9-17-40)46(39-14-6-4-7-15-39)62(47)49(56)41-18-12-19-42(37-41)70-33-32-63/h4-9,12-21,26-27,36-37,45-49,63,68H,2-3,10-11,23-24,28-35H2,1H3/t45-,46-,47-,48+,49+,56-/m1/s1. The summed E-state index contributed by atoms with van der Waals surface area (Å²) in [5.41, 5.74) is -0.498. The molecule has 5 heterocycles. The van der Waals surface area contributed by atoms with Gasteiger partial charge < -0.3 is 39.0 Å². The molecular formula is C56H58N6O10. The van der Waals surface area contributed by atoms with Crippen LogP contribution in [0.15, 0.2) is 122 Å². The first-order valence-electron chi connectivity index (χ1n) is 24.8. The number of aliphatic hydroxyl groups excluding tert-OH is 1. The molecule has 0 radical (unpaired) electrons. The maximum atomic E-state index is 16.7. The van der Waals surface area contributed by atoms with Crippen molar-refractivity contribution in [3.63, 3.8) is 0 Å². The fourth-order valence-electron chi connectivity index (χ4n) is 11.6. The van der Waals surface area contributed by atoms with E-state index in [4.69, 9.17) is 18.9 Å². The second kappa shape index (κ2) is 20.9. The van der Waals surface area contributed by atoms with Gasteiger partial charge in [0, 0.05) is 51.2 Å². The number of benzene rings is 4. The van der Waals surface area contributed by atoms with Crippen molar-refractivity contribution in [2.75, 3.05) is 69.5 Å². The van der Waals surface area contributed by atoms with Crippen LogP contribution in [0.25, 0.3) is 0 Å². The number of esters is 1. The van der Waals surface area contributed by atoms with Crippen LogP contribution in [0.2, 0.25) is 0 Å². The summed E-state index contributed by atoms with van der Waals surface area (Å²) in [6.45, 7) is 0.689. The number of fused-ring (bicyclic) bond motifs is 3. The number of aromatic nitrogens is 2. The fourth-order valence-corrected chi connectivity index (χ4v) is 11.6. The van der Waals surface area contributed by atoms with Gasteiger partial charge >= 0.3 is 12.1 Å². The van der Waals surface area contributed by atoms with Crippen LogP contribution >= 0.6 is 0 Å². The van der Waals surface area contributed by atoms with Gasteiger partial charge in [0.15, 0.2) is 0 Å². The van der Waals surface area contributed by atoms with Crippen LogP contribution < -0.4 is 14.5 Å². The van der Waals surface area contributed by atoms with Crippen molar-refractivity contribution in [2.24, 2.45) is 5.92 Å². The number of cyclic esters (lactones) is 1. The average Bonchev–Trinajstić information content (AvgIpc) is 3.75. The van der Waals surface area contributed by atoms with Gasteiger partial charge in [0.1, 0.15) is 42.1 Å². The van der Waals surface area contributed by atoms with E-state index < -0.39 is 65.0 Å². The summed E-state index contributed by atoms with van der Waals surface area (Å²) in [7, 11) is 1.47. The number of hydrogen-bond donors (Lipinski definition) is 2. The summed E-state index contributed by atoms with van der Waals surface area (Å²) >= 11 is 0. The molecule has 4 aliphatic heterocycles. The highest BCUT2D eigenvalue weighted by Crippen LogP contribution is 2.66. The summed E-state index contributed by atoms with van der Waals surface area (Å²) in [6, 6.07) is 29.5. The van der Waals surface area contributed by atoms with Crippen LogP contribution in [-0.4, -0.2) is 125 Å². The molecular weight excluding hydrogens is 917 g/mol. The highest BCUT2D eigenvalue weighted by Gasteiger charge is 2.76. The van der Waals surface area contributed by atoms with Gasteiger partial charge in [-0.15, -0.1) is 0 Å². The number of nitrogens with zero attached hydrogens (tertiary/aromatic N) is 6. The van der Waals surface area contributed by atoms with E-state index >= 15 is 14.4 Å². The molecule has 3 saturated heterocycles. The largest absolute Gasteiger partial charge is 0.491 e. The van der Waals surface area contributed by atoms with E-state index in [-0.39, 0.29) is 50.8 Å². The number of ether oxygens (including phenoxy) is 4. The van der Waals surface area contributed by atoms with Crippen molar-refractivity contribution >= 4 is 35.5 Å². The Hall–Kier alpha value is -7.16. The molecule has 16 heteroatoms. The second-order valence-corrected chi connectivity index (χ2v) is 18.9. The van der Waals surface area contributed by atoms with Gasteiger partial charge in [-0.25, -0.2) is 19.7 Å². The molecule has 0 unspecified atom stereocenters. The highest BCUT2D eigenvalue weighted by atomic mass is 16.6. The van der Waals surface area contributed by atoms with Gasteiger partial charge in [0.25, 0.3) is 0 Å². The molecule has 5 aliphatic rings. The summed E-state index contributed by atoms with van der Waals surface area (Å²) in [5, 5.41) is 21.6. The first kappa shape index (κ1) is 48.5. The van der Waals surface area contributed by atoms with E-state index in [1.54, 1.807) is 59.8 Å². The lowest BCUT2D eigenvalue weighted by Crippen LogP contribution is -2.59. The maximum Gasteiger partial charge on any atom is 0.421 e. The Labute approximate surface area is 418 Å². The third-order valence-electron chi connectivity index (χ3n) is 14.8. The number of rotatable bonds is 11. The summed E-state index contributed by atoms with van der Waals surface area (Å²) in [4.78, 5) is 78.8. The quantitative estimate of drug-likeness (QED) is 0.0672. The van der Waals surface area contributed by atoms with Crippen LogP contribution in [0.3, 0.4) is 0 Å². The Bertz CT molecular complexity index is 2830. The Kier molecular flexibility index (Phi) is 14.1. The highest BCUT2D eigenvalue weighted by molar-refractivity contribution is 6.23. The lowest BCUT2D eigenvalue weighted by Gasteiger charge is -2.46. The van der Waals surface area contributed by atoms with Gasteiger partial charge in [-0.2, -0.15) is 0 Å². The van der Waals surface area contributed by atoms with E-state index in [9.17, 15) is 15.0 Å². The molecule has 1 aliphatic carbocycles. The zero-order chi connectivity index (χ0) is 49.8. The lowest BCUT2D eigenvalue weighted by molar-refractivity contribution is -0.179. The first-order chi connectivity index (χ1) is 35.2. The number of aliphatic hydroxyl groups is 2. The SMILES string of the molecule is COCCOC(=O)N1C(=O)[C@@]2(c3cc(C#CC4(O)CCCCCC4)ccc31)[C@H](c1cccc(OCCO)c1)N1[C@H](c3ccccc3)[C@H](c3ccccc3)OC(=O)[C@H]1[C@@H]2C(=O)N1CCN(c2ncccn2)CC1. The average molecular weight is 975 g/mol. The monoisotopic (exact) mass is 974 g/mol. The molecule has 72 heavy (non-hydrogen) atoms. The molecule has 2 N–H and O–H groups in total. The van der Waals surface area contributed by atoms with Gasteiger partial charge in [-0.3, -0.25) is 19.3 Å².